The average molecular weight is 296 g/mol. The molecule has 0 rings (SSSR count). The topological polar surface area (TPSA) is 60.7 Å². The van der Waals surface area contributed by atoms with Crippen LogP contribution in [0.3, 0.4) is 0 Å². The van der Waals surface area contributed by atoms with Crippen LogP contribution in [0.4, 0.5) is 0 Å². The Labute approximate surface area is 129 Å². The number of aliphatic hydroxyl groups excluding tert-OH is 1. The highest BCUT2D eigenvalue weighted by Crippen LogP contribution is 2.09. The largest absolute Gasteiger partial charge is 0.390 e. The van der Waals surface area contributed by atoms with Gasteiger partial charge in [-0.15, -0.1) is 0 Å². The van der Waals surface area contributed by atoms with Crippen molar-refractivity contribution < 1.29 is 15.3 Å². The minimum Gasteiger partial charge on any atom is -0.390 e. The molecule has 0 aliphatic heterocycles. The zero-order chi connectivity index (χ0) is 15.8. The highest BCUT2D eigenvalue weighted by atomic mass is 16.5. The van der Waals surface area contributed by atoms with E-state index >= 15 is 0 Å². The van der Waals surface area contributed by atoms with Crippen LogP contribution < -0.4 is 0 Å². The van der Waals surface area contributed by atoms with Crippen LogP contribution in [-0.4, -0.2) is 27.7 Å². The van der Waals surface area contributed by atoms with Gasteiger partial charge in [-0.05, 0) is 18.9 Å². The van der Waals surface area contributed by atoms with Crippen LogP contribution in [-0.2, 0) is 0 Å². The maximum Gasteiger partial charge on any atom is 0.207 e. The first-order chi connectivity index (χ1) is 10.1. The van der Waals surface area contributed by atoms with E-state index in [9.17, 15) is 0 Å². The Morgan fingerprint density at radius 2 is 1.33 bits per heavy atom. The van der Waals surface area contributed by atoms with E-state index < -0.39 is 12.4 Å². The van der Waals surface area contributed by atoms with Gasteiger partial charge in [0.15, 0.2) is 0 Å². The summed E-state index contributed by atoms with van der Waals surface area (Å²) in [7, 11) is 0. The van der Waals surface area contributed by atoms with Gasteiger partial charge in [-0.25, -0.2) is 0 Å². The molecule has 3 N–H and O–H groups in total. The van der Waals surface area contributed by atoms with Crippen LogP contribution in [0, 0.1) is 0 Å². The Kier molecular flexibility index (Phi) is 13.5. The van der Waals surface area contributed by atoms with Gasteiger partial charge in [-0.3, -0.25) is 0 Å². The van der Waals surface area contributed by atoms with Crippen LogP contribution >= 0.6 is 0 Å². The number of aliphatic hydroxyl groups is 3. The average Bonchev–Trinajstić information content (AvgIpc) is 2.47. The van der Waals surface area contributed by atoms with E-state index in [4.69, 9.17) is 15.3 Å². The molecule has 0 radical (unpaired) electrons. The van der Waals surface area contributed by atoms with Crippen molar-refractivity contribution in [2.75, 3.05) is 6.61 Å². The molecule has 21 heavy (non-hydrogen) atoms. The summed E-state index contributed by atoms with van der Waals surface area (Å²) in [4.78, 5) is 0. The van der Waals surface area contributed by atoms with Crippen molar-refractivity contribution in [1.29, 1.82) is 0 Å². The quantitative estimate of drug-likeness (QED) is 0.275. The second kappa shape index (κ2) is 14.1. The van der Waals surface area contributed by atoms with E-state index in [0.29, 0.717) is 0 Å². The van der Waals surface area contributed by atoms with Crippen LogP contribution in [0.1, 0.15) is 64.7 Å². The summed E-state index contributed by atoms with van der Waals surface area (Å²) in [5.41, 5.74) is 0. The molecule has 0 aromatic rings. The van der Waals surface area contributed by atoms with Gasteiger partial charge in [0.1, 0.15) is 6.61 Å². The maximum atomic E-state index is 9.08. The molecular formula is C18H32O3. The third-order valence-corrected chi connectivity index (χ3v) is 3.29. The minimum atomic E-state index is -2.12. The first kappa shape index (κ1) is 20.1. The highest BCUT2D eigenvalue weighted by Gasteiger charge is 2.15. The van der Waals surface area contributed by atoms with Crippen molar-refractivity contribution in [2.24, 2.45) is 0 Å². The number of hydrogen-bond acceptors (Lipinski definition) is 3. The van der Waals surface area contributed by atoms with Gasteiger partial charge in [0.05, 0.1) is 0 Å². The fourth-order valence-corrected chi connectivity index (χ4v) is 1.96. The fraction of sp³-hybridized carbons (Fsp3) is 0.667. The van der Waals surface area contributed by atoms with E-state index in [1.165, 1.54) is 57.4 Å². The normalized spacial score (nSPS) is 13.1. The Hall–Kier alpha value is -0.900. The summed E-state index contributed by atoms with van der Waals surface area (Å²) in [6.07, 6.45) is 22.1. The van der Waals surface area contributed by atoms with Crippen molar-refractivity contribution in [2.45, 2.75) is 70.5 Å². The highest BCUT2D eigenvalue weighted by molar-refractivity contribution is 5.13. The van der Waals surface area contributed by atoms with E-state index in [0.717, 1.165) is 12.5 Å². The number of hydrogen-bond donors (Lipinski definition) is 3. The van der Waals surface area contributed by atoms with E-state index in [2.05, 4.69) is 13.0 Å². The van der Waals surface area contributed by atoms with Crippen LogP contribution in [0.5, 0.6) is 0 Å². The van der Waals surface area contributed by atoms with Crippen molar-refractivity contribution in [1.82, 2.24) is 0 Å². The lowest BCUT2D eigenvalue weighted by Crippen LogP contribution is -2.29. The first-order valence-electron chi connectivity index (χ1n) is 8.19. The molecular weight excluding hydrogens is 264 g/mol. The fourth-order valence-electron chi connectivity index (χ4n) is 1.96. The molecule has 0 aliphatic rings. The summed E-state index contributed by atoms with van der Waals surface area (Å²) in [5.74, 6) is -2.12. The van der Waals surface area contributed by atoms with Gasteiger partial charge in [0.2, 0.25) is 5.79 Å². The van der Waals surface area contributed by atoms with Crippen molar-refractivity contribution in [3.63, 3.8) is 0 Å². The molecule has 3 heteroatoms. The minimum absolute atomic E-state index is 0.703. The summed E-state index contributed by atoms with van der Waals surface area (Å²) in [6.45, 7) is 1.54. The van der Waals surface area contributed by atoms with Gasteiger partial charge < -0.3 is 15.3 Å². The molecule has 0 atom stereocenters. The lowest BCUT2D eigenvalue weighted by Gasteiger charge is -2.11. The molecule has 0 amide bonds. The van der Waals surface area contributed by atoms with Gasteiger partial charge in [-0.2, -0.15) is 0 Å². The maximum absolute atomic E-state index is 9.08. The second-order valence-corrected chi connectivity index (χ2v) is 5.47. The zero-order valence-electron chi connectivity index (χ0n) is 13.4. The standard InChI is InChI=1S/C18H32O3/c1-2-3-4-5-6-7-8-9-10-11-12-13-14-15-16-18(20,21)17-19/h11-16,19-21H,2-10,17H2,1H3. The summed E-state index contributed by atoms with van der Waals surface area (Å²) in [5, 5.41) is 26.8. The third kappa shape index (κ3) is 15.3. The van der Waals surface area contributed by atoms with Gasteiger partial charge in [-0.1, -0.05) is 82.2 Å². The predicted molar refractivity (Wildman–Crippen MR) is 88.9 cm³/mol. The molecule has 0 unspecified atom stereocenters. The molecule has 0 aromatic heterocycles. The van der Waals surface area contributed by atoms with E-state index in [1.807, 2.05) is 12.2 Å². The molecule has 0 aromatic carbocycles. The number of rotatable bonds is 13. The lowest BCUT2D eigenvalue weighted by atomic mass is 10.1. The van der Waals surface area contributed by atoms with Gasteiger partial charge in [0.25, 0.3) is 0 Å². The SMILES string of the molecule is CCCCCCCCCCC=CC=CC=CC(O)(O)CO. The molecule has 0 bridgehead atoms. The van der Waals surface area contributed by atoms with Crippen molar-refractivity contribution in [3.8, 4) is 0 Å². The zero-order valence-corrected chi connectivity index (χ0v) is 13.4. The summed E-state index contributed by atoms with van der Waals surface area (Å²) >= 11 is 0. The van der Waals surface area contributed by atoms with Crippen molar-refractivity contribution in [3.05, 3.63) is 36.5 Å². The molecule has 0 spiro atoms. The molecule has 0 saturated heterocycles. The van der Waals surface area contributed by atoms with Gasteiger partial charge in [0, 0.05) is 0 Å². The summed E-state index contributed by atoms with van der Waals surface area (Å²) < 4.78 is 0. The van der Waals surface area contributed by atoms with E-state index in [1.54, 1.807) is 6.08 Å². The molecule has 0 heterocycles. The Bertz CT molecular complexity index is 304. The van der Waals surface area contributed by atoms with Crippen molar-refractivity contribution >= 4 is 0 Å². The summed E-state index contributed by atoms with van der Waals surface area (Å²) in [6, 6.07) is 0. The Balaban J connectivity index is 3.44. The number of allylic oxidation sites excluding steroid dienone is 5. The van der Waals surface area contributed by atoms with Crippen LogP contribution in [0.2, 0.25) is 0 Å². The second-order valence-electron chi connectivity index (χ2n) is 5.47. The molecule has 122 valence electrons. The van der Waals surface area contributed by atoms with Crippen LogP contribution in [0.25, 0.3) is 0 Å². The van der Waals surface area contributed by atoms with E-state index in [-0.39, 0.29) is 0 Å². The first-order valence-corrected chi connectivity index (χ1v) is 8.19. The Morgan fingerprint density at radius 1 is 0.762 bits per heavy atom. The monoisotopic (exact) mass is 296 g/mol. The number of unbranched alkanes of at least 4 members (excludes halogenated alkanes) is 8. The molecule has 0 fully saturated rings. The third-order valence-electron chi connectivity index (χ3n) is 3.29. The Morgan fingerprint density at radius 3 is 1.95 bits per heavy atom. The lowest BCUT2D eigenvalue weighted by molar-refractivity contribution is -0.146. The van der Waals surface area contributed by atoms with Gasteiger partial charge >= 0.3 is 0 Å². The molecule has 0 saturated carbocycles. The predicted octanol–water partition coefficient (Wildman–Crippen LogP) is 3.86. The molecule has 3 nitrogen and oxygen atoms in total. The molecule has 0 aliphatic carbocycles. The van der Waals surface area contributed by atoms with Crippen LogP contribution in [0.15, 0.2) is 36.5 Å². The smallest absolute Gasteiger partial charge is 0.207 e.